The van der Waals surface area contributed by atoms with E-state index in [2.05, 4.69) is 12.2 Å². The Labute approximate surface area is 124 Å². The van der Waals surface area contributed by atoms with Crippen LogP contribution in [0.2, 0.25) is 0 Å². The van der Waals surface area contributed by atoms with Gasteiger partial charge in [-0.15, -0.1) is 0 Å². The Kier molecular flexibility index (Phi) is 5.21. The minimum absolute atomic E-state index is 0.245. The van der Waals surface area contributed by atoms with E-state index in [4.69, 9.17) is 9.84 Å². The Morgan fingerprint density at radius 1 is 1.19 bits per heavy atom. The van der Waals surface area contributed by atoms with Crippen LogP contribution in [0.3, 0.4) is 0 Å². The van der Waals surface area contributed by atoms with Crippen molar-refractivity contribution in [2.75, 3.05) is 11.9 Å². The second-order valence-corrected chi connectivity index (χ2v) is 4.71. The molecule has 2 aromatic rings. The van der Waals surface area contributed by atoms with Crippen LogP contribution in [0.5, 0.6) is 11.5 Å². The fourth-order valence-electron chi connectivity index (χ4n) is 1.91. The van der Waals surface area contributed by atoms with Crippen LogP contribution in [0.15, 0.2) is 48.5 Å². The van der Waals surface area contributed by atoms with E-state index in [0.29, 0.717) is 11.4 Å². The highest BCUT2D eigenvalue weighted by Gasteiger charge is 2.10. The van der Waals surface area contributed by atoms with Crippen molar-refractivity contribution in [3.8, 4) is 11.5 Å². The first-order valence-electron chi connectivity index (χ1n) is 7.05. The highest BCUT2D eigenvalue weighted by atomic mass is 16.5. The van der Waals surface area contributed by atoms with E-state index < -0.39 is 5.97 Å². The molecular weight excluding hydrogens is 266 g/mol. The number of aromatic carboxylic acids is 1. The van der Waals surface area contributed by atoms with E-state index in [1.54, 1.807) is 18.2 Å². The molecule has 2 aromatic carbocycles. The number of para-hydroxylation sites is 1. The molecule has 0 aliphatic rings. The summed E-state index contributed by atoms with van der Waals surface area (Å²) in [7, 11) is 0. The zero-order valence-corrected chi connectivity index (χ0v) is 12.0. The third-order valence-corrected chi connectivity index (χ3v) is 3.04. The van der Waals surface area contributed by atoms with Gasteiger partial charge in [0, 0.05) is 6.54 Å². The van der Waals surface area contributed by atoms with Crippen molar-refractivity contribution in [1.29, 1.82) is 0 Å². The van der Waals surface area contributed by atoms with Crippen LogP contribution in [-0.4, -0.2) is 17.6 Å². The number of carboxylic acid groups (broad SMARTS) is 1. The summed E-state index contributed by atoms with van der Waals surface area (Å²) in [5, 5.41) is 12.3. The lowest BCUT2D eigenvalue weighted by molar-refractivity contribution is 0.0697. The summed E-state index contributed by atoms with van der Waals surface area (Å²) in [6.07, 6.45) is 2.09. The van der Waals surface area contributed by atoms with E-state index in [9.17, 15) is 4.79 Å². The lowest BCUT2D eigenvalue weighted by atomic mass is 10.2. The van der Waals surface area contributed by atoms with Crippen LogP contribution in [0.1, 0.15) is 30.1 Å². The average Bonchev–Trinajstić information content (AvgIpc) is 2.50. The van der Waals surface area contributed by atoms with Crippen LogP contribution in [0.4, 0.5) is 5.69 Å². The molecule has 2 N–H and O–H groups in total. The van der Waals surface area contributed by atoms with E-state index in [1.165, 1.54) is 0 Å². The molecule has 4 nitrogen and oxygen atoms in total. The maximum Gasteiger partial charge on any atom is 0.335 e. The van der Waals surface area contributed by atoms with Gasteiger partial charge in [0.1, 0.15) is 5.75 Å². The number of nitrogens with one attached hydrogen (secondary N) is 1. The van der Waals surface area contributed by atoms with Crippen LogP contribution < -0.4 is 10.1 Å². The number of ether oxygens (including phenoxy) is 1. The van der Waals surface area contributed by atoms with Crippen molar-refractivity contribution < 1.29 is 14.6 Å². The molecule has 0 radical (unpaired) electrons. The first kappa shape index (κ1) is 14.9. The Bertz CT molecular complexity index is 596. The maximum atomic E-state index is 11.1. The summed E-state index contributed by atoms with van der Waals surface area (Å²) >= 11 is 0. The van der Waals surface area contributed by atoms with E-state index >= 15 is 0 Å². The Morgan fingerprint density at radius 2 is 1.95 bits per heavy atom. The number of unbranched alkanes of at least 4 members (excludes halogenated alkanes) is 1. The molecule has 0 aliphatic heterocycles. The molecule has 110 valence electrons. The van der Waals surface area contributed by atoms with Gasteiger partial charge in [0.25, 0.3) is 0 Å². The van der Waals surface area contributed by atoms with Gasteiger partial charge < -0.3 is 15.2 Å². The van der Waals surface area contributed by atoms with Crippen LogP contribution in [-0.2, 0) is 0 Å². The topological polar surface area (TPSA) is 58.6 Å². The summed E-state index contributed by atoms with van der Waals surface area (Å²) in [6, 6.07) is 14.3. The Hall–Kier alpha value is -2.49. The van der Waals surface area contributed by atoms with Crippen molar-refractivity contribution in [2.45, 2.75) is 19.8 Å². The second-order valence-electron chi connectivity index (χ2n) is 4.71. The Morgan fingerprint density at radius 3 is 2.62 bits per heavy atom. The molecule has 0 heterocycles. The zero-order chi connectivity index (χ0) is 15.1. The van der Waals surface area contributed by atoms with Crippen LogP contribution in [0.25, 0.3) is 0 Å². The molecule has 0 spiro atoms. The number of carbonyl (C=O) groups is 1. The predicted octanol–water partition coefficient (Wildman–Crippen LogP) is 4.39. The van der Waals surface area contributed by atoms with E-state index in [-0.39, 0.29) is 5.56 Å². The summed E-state index contributed by atoms with van der Waals surface area (Å²) in [5.41, 5.74) is 0.946. The highest BCUT2D eigenvalue weighted by molar-refractivity contribution is 5.89. The molecule has 0 unspecified atom stereocenters. The molecule has 2 rings (SSSR count). The van der Waals surface area contributed by atoms with Gasteiger partial charge in [-0.2, -0.15) is 0 Å². The highest BCUT2D eigenvalue weighted by Crippen LogP contribution is 2.30. The van der Waals surface area contributed by atoms with Gasteiger partial charge in [-0.3, -0.25) is 0 Å². The van der Waals surface area contributed by atoms with Crippen LogP contribution >= 0.6 is 0 Å². The number of rotatable bonds is 7. The lowest BCUT2D eigenvalue weighted by Gasteiger charge is -2.13. The van der Waals surface area contributed by atoms with Gasteiger partial charge in [0.05, 0.1) is 11.3 Å². The van der Waals surface area contributed by atoms with Gasteiger partial charge >= 0.3 is 5.97 Å². The molecular formula is C17H19NO3. The summed E-state index contributed by atoms with van der Waals surface area (Å²) in [4.78, 5) is 11.1. The first-order chi connectivity index (χ1) is 10.2. The maximum absolute atomic E-state index is 11.1. The van der Waals surface area contributed by atoms with Gasteiger partial charge in [0.15, 0.2) is 5.75 Å². The molecule has 0 bridgehead atoms. The van der Waals surface area contributed by atoms with E-state index in [0.717, 1.165) is 25.1 Å². The fourth-order valence-corrected chi connectivity index (χ4v) is 1.91. The van der Waals surface area contributed by atoms with Crippen molar-refractivity contribution in [2.24, 2.45) is 0 Å². The van der Waals surface area contributed by atoms with Gasteiger partial charge in [-0.25, -0.2) is 4.79 Å². The molecule has 0 amide bonds. The zero-order valence-electron chi connectivity index (χ0n) is 12.0. The number of hydrogen-bond donors (Lipinski definition) is 2. The Balaban J connectivity index is 2.23. The normalized spacial score (nSPS) is 10.1. The summed E-state index contributed by atoms with van der Waals surface area (Å²) < 4.78 is 5.82. The third-order valence-electron chi connectivity index (χ3n) is 3.04. The molecule has 0 atom stereocenters. The number of benzene rings is 2. The van der Waals surface area contributed by atoms with Crippen molar-refractivity contribution in [3.63, 3.8) is 0 Å². The number of hydrogen-bond acceptors (Lipinski definition) is 3. The largest absolute Gasteiger partial charge is 0.478 e. The first-order valence-corrected chi connectivity index (χ1v) is 7.05. The molecule has 0 aromatic heterocycles. The summed E-state index contributed by atoms with van der Waals surface area (Å²) in [5.74, 6) is 0.404. The predicted molar refractivity (Wildman–Crippen MR) is 83.3 cm³/mol. The average molecular weight is 285 g/mol. The quantitative estimate of drug-likeness (QED) is 0.741. The number of carboxylic acids is 1. The lowest BCUT2D eigenvalue weighted by Crippen LogP contribution is -2.05. The second kappa shape index (κ2) is 7.33. The van der Waals surface area contributed by atoms with Crippen molar-refractivity contribution >= 4 is 11.7 Å². The molecule has 21 heavy (non-hydrogen) atoms. The summed E-state index contributed by atoms with van der Waals surface area (Å²) in [6.45, 7) is 2.89. The minimum Gasteiger partial charge on any atom is -0.478 e. The molecule has 4 heteroatoms. The molecule has 0 saturated heterocycles. The molecule has 0 fully saturated rings. The standard InChI is InChI=1S/C17H19NO3/c1-2-3-11-18-15-12-13(17(19)20)9-10-16(15)21-14-7-5-4-6-8-14/h4-10,12,18H,2-3,11H2,1H3,(H,19,20). The monoisotopic (exact) mass is 285 g/mol. The number of anilines is 1. The van der Waals surface area contributed by atoms with Crippen molar-refractivity contribution in [3.05, 3.63) is 54.1 Å². The minimum atomic E-state index is -0.945. The van der Waals surface area contributed by atoms with Gasteiger partial charge in [-0.1, -0.05) is 31.5 Å². The SMILES string of the molecule is CCCCNc1cc(C(=O)O)ccc1Oc1ccccc1. The fraction of sp³-hybridized carbons (Fsp3) is 0.235. The van der Waals surface area contributed by atoms with Gasteiger partial charge in [-0.05, 0) is 36.8 Å². The third kappa shape index (κ3) is 4.24. The molecule has 0 saturated carbocycles. The van der Waals surface area contributed by atoms with Crippen LogP contribution in [0, 0.1) is 0 Å². The smallest absolute Gasteiger partial charge is 0.335 e. The van der Waals surface area contributed by atoms with E-state index in [1.807, 2.05) is 30.3 Å². The van der Waals surface area contributed by atoms with Gasteiger partial charge in [0.2, 0.25) is 0 Å². The van der Waals surface area contributed by atoms with Crippen molar-refractivity contribution in [1.82, 2.24) is 0 Å². The molecule has 0 aliphatic carbocycles.